The minimum Gasteiger partial charge on any atom is -0.329 e. The van der Waals surface area contributed by atoms with Gasteiger partial charge in [-0.1, -0.05) is 12.0 Å². The predicted octanol–water partition coefficient (Wildman–Crippen LogP) is 2.35. The largest absolute Gasteiger partial charge is 0.405 e. The zero-order valence-corrected chi connectivity index (χ0v) is 8.64. The van der Waals surface area contributed by atoms with Crippen molar-refractivity contribution in [1.29, 1.82) is 0 Å². The zero-order chi connectivity index (χ0) is 12.9. The quantitative estimate of drug-likeness (QED) is 0.768. The first kappa shape index (κ1) is 12.9. The molecule has 1 aromatic carbocycles. The van der Waals surface area contributed by atoms with E-state index in [2.05, 4.69) is 11.2 Å². The molecule has 0 saturated heterocycles. The van der Waals surface area contributed by atoms with Crippen LogP contribution in [-0.4, -0.2) is 18.8 Å². The Balaban J connectivity index is 2.54. The van der Waals surface area contributed by atoms with Gasteiger partial charge in [0.05, 0.1) is 0 Å². The van der Waals surface area contributed by atoms with Crippen molar-refractivity contribution in [2.45, 2.75) is 6.18 Å². The molecule has 1 rings (SSSR count). The molecule has 0 aromatic heterocycles. The van der Waals surface area contributed by atoms with Crippen molar-refractivity contribution in [1.82, 2.24) is 5.32 Å². The second-order valence-electron chi connectivity index (χ2n) is 3.15. The lowest BCUT2D eigenvalue weighted by Gasteiger charge is -2.09. The second-order valence-corrected chi connectivity index (χ2v) is 3.15. The number of carbonyl (C=O) groups is 1. The van der Waals surface area contributed by atoms with Crippen molar-refractivity contribution in [3.8, 4) is 12.3 Å². The molecule has 0 unspecified atom stereocenters. The van der Waals surface area contributed by atoms with Crippen LogP contribution in [0.15, 0.2) is 24.3 Å². The first-order chi connectivity index (χ1) is 7.90. The van der Waals surface area contributed by atoms with Crippen molar-refractivity contribution in [3.63, 3.8) is 0 Å². The van der Waals surface area contributed by atoms with E-state index in [0.29, 0.717) is 11.3 Å². The highest BCUT2D eigenvalue weighted by atomic mass is 19.4. The number of carbonyl (C=O) groups excluding carboxylic acids is 1. The summed E-state index contributed by atoms with van der Waals surface area (Å²) in [6, 6.07) is 5.30. The third-order valence-corrected chi connectivity index (χ3v) is 1.74. The average Bonchev–Trinajstić information content (AvgIpc) is 2.26. The lowest BCUT2D eigenvalue weighted by molar-refractivity contribution is -0.122. The fourth-order valence-electron chi connectivity index (χ4n) is 1.04. The van der Waals surface area contributed by atoms with Crippen LogP contribution in [0.4, 0.5) is 23.7 Å². The number of urea groups is 1. The second kappa shape index (κ2) is 5.25. The van der Waals surface area contributed by atoms with Crippen LogP contribution < -0.4 is 10.6 Å². The molecule has 0 aliphatic heterocycles. The van der Waals surface area contributed by atoms with Crippen LogP contribution in [0.25, 0.3) is 0 Å². The molecule has 0 heterocycles. The summed E-state index contributed by atoms with van der Waals surface area (Å²) < 4.78 is 35.4. The maximum absolute atomic E-state index is 11.8. The molecule has 0 fully saturated rings. The van der Waals surface area contributed by atoms with Gasteiger partial charge < -0.3 is 10.6 Å². The molecule has 3 nitrogen and oxygen atoms in total. The number of hydrogen-bond acceptors (Lipinski definition) is 1. The number of amides is 2. The normalized spacial score (nSPS) is 10.5. The molecule has 0 spiro atoms. The molecule has 0 aliphatic carbocycles. The van der Waals surface area contributed by atoms with E-state index in [1.807, 2.05) is 0 Å². The number of alkyl halides is 3. The van der Waals surface area contributed by atoms with Crippen LogP contribution in [0.1, 0.15) is 5.56 Å². The van der Waals surface area contributed by atoms with E-state index in [-0.39, 0.29) is 0 Å². The Morgan fingerprint density at radius 3 is 2.71 bits per heavy atom. The first-order valence-corrected chi connectivity index (χ1v) is 4.59. The Hall–Kier alpha value is -2.16. The van der Waals surface area contributed by atoms with Crippen molar-refractivity contribution < 1.29 is 18.0 Å². The van der Waals surface area contributed by atoms with E-state index >= 15 is 0 Å². The number of hydrogen-bond donors (Lipinski definition) is 2. The Morgan fingerprint density at radius 2 is 2.12 bits per heavy atom. The maximum Gasteiger partial charge on any atom is 0.405 e. The molecule has 90 valence electrons. The molecule has 6 heteroatoms. The van der Waals surface area contributed by atoms with E-state index in [1.165, 1.54) is 12.1 Å². The Morgan fingerprint density at radius 1 is 1.41 bits per heavy atom. The zero-order valence-electron chi connectivity index (χ0n) is 8.64. The minimum absolute atomic E-state index is 0.333. The van der Waals surface area contributed by atoms with E-state index in [1.54, 1.807) is 17.4 Å². The molecule has 17 heavy (non-hydrogen) atoms. The van der Waals surface area contributed by atoms with Gasteiger partial charge in [-0.25, -0.2) is 4.79 Å². The fraction of sp³-hybridized carbons (Fsp3) is 0.182. The van der Waals surface area contributed by atoms with Crippen LogP contribution in [0.5, 0.6) is 0 Å². The van der Waals surface area contributed by atoms with E-state index in [4.69, 9.17) is 6.42 Å². The lowest BCUT2D eigenvalue weighted by atomic mass is 10.2. The SMILES string of the molecule is C#Cc1cccc(NC(=O)NCC(F)(F)F)c1. The smallest absolute Gasteiger partial charge is 0.329 e. The van der Waals surface area contributed by atoms with Gasteiger partial charge in [0, 0.05) is 11.3 Å². The molecular formula is C11H9F3N2O. The van der Waals surface area contributed by atoms with Gasteiger partial charge in [0.25, 0.3) is 0 Å². The third-order valence-electron chi connectivity index (χ3n) is 1.74. The molecular weight excluding hydrogens is 233 g/mol. The monoisotopic (exact) mass is 242 g/mol. The van der Waals surface area contributed by atoms with Crippen LogP contribution in [0.2, 0.25) is 0 Å². The topological polar surface area (TPSA) is 41.1 Å². The summed E-state index contributed by atoms with van der Waals surface area (Å²) in [4.78, 5) is 11.1. The molecule has 0 radical (unpaired) electrons. The van der Waals surface area contributed by atoms with Gasteiger partial charge in [-0.3, -0.25) is 0 Å². The molecule has 2 N–H and O–H groups in total. The summed E-state index contributed by atoms with van der Waals surface area (Å²) in [5.41, 5.74) is 0.860. The van der Waals surface area contributed by atoms with Gasteiger partial charge in [0.1, 0.15) is 6.54 Å². The highest BCUT2D eigenvalue weighted by Gasteiger charge is 2.27. The number of anilines is 1. The molecule has 2 amide bonds. The highest BCUT2D eigenvalue weighted by molar-refractivity contribution is 5.89. The molecule has 0 aliphatic rings. The molecule has 1 aromatic rings. The lowest BCUT2D eigenvalue weighted by Crippen LogP contribution is -2.36. The van der Waals surface area contributed by atoms with Gasteiger partial charge in [-0.05, 0) is 18.2 Å². The van der Waals surface area contributed by atoms with Crippen molar-refractivity contribution in [2.24, 2.45) is 0 Å². The van der Waals surface area contributed by atoms with Gasteiger partial charge >= 0.3 is 12.2 Å². The summed E-state index contributed by atoms with van der Waals surface area (Å²) in [6.45, 7) is -1.38. The van der Waals surface area contributed by atoms with E-state index in [0.717, 1.165) is 0 Å². The van der Waals surface area contributed by atoms with Gasteiger partial charge in [0.15, 0.2) is 0 Å². The average molecular weight is 242 g/mol. The number of benzene rings is 1. The van der Waals surface area contributed by atoms with Gasteiger partial charge in [-0.2, -0.15) is 13.2 Å². The predicted molar refractivity (Wildman–Crippen MR) is 57.5 cm³/mol. The molecule has 0 bridgehead atoms. The number of halogens is 3. The van der Waals surface area contributed by atoms with Crippen LogP contribution in [-0.2, 0) is 0 Å². The van der Waals surface area contributed by atoms with Crippen LogP contribution >= 0.6 is 0 Å². The van der Waals surface area contributed by atoms with Crippen molar-refractivity contribution in [3.05, 3.63) is 29.8 Å². The number of nitrogens with one attached hydrogen (secondary N) is 2. The highest BCUT2D eigenvalue weighted by Crippen LogP contribution is 2.13. The number of rotatable bonds is 2. The Labute approximate surface area is 96.0 Å². The van der Waals surface area contributed by atoms with Gasteiger partial charge in [-0.15, -0.1) is 6.42 Å². The molecule has 0 saturated carbocycles. The summed E-state index contributed by atoms with van der Waals surface area (Å²) in [5, 5.41) is 3.93. The van der Waals surface area contributed by atoms with Crippen LogP contribution in [0, 0.1) is 12.3 Å². The first-order valence-electron chi connectivity index (χ1n) is 4.59. The van der Waals surface area contributed by atoms with Gasteiger partial charge in [0.2, 0.25) is 0 Å². The summed E-state index contributed by atoms with van der Waals surface area (Å²) in [5.74, 6) is 2.35. The maximum atomic E-state index is 11.8. The van der Waals surface area contributed by atoms with Crippen molar-refractivity contribution in [2.75, 3.05) is 11.9 Å². The Kier molecular flexibility index (Phi) is 3.99. The number of terminal acetylenes is 1. The molecule has 0 atom stereocenters. The summed E-state index contributed by atoms with van der Waals surface area (Å²) in [7, 11) is 0. The third kappa shape index (κ3) is 4.93. The standard InChI is InChI=1S/C11H9F3N2O/c1-2-8-4-3-5-9(6-8)16-10(17)15-7-11(12,13)14/h1,3-6H,7H2,(H2,15,16,17). The van der Waals surface area contributed by atoms with E-state index in [9.17, 15) is 18.0 Å². The fourth-order valence-corrected chi connectivity index (χ4v) is 1.04. The summed E-state index contributed by atoms with van der Waals surface area (Å²) >= 11 is 0. The van der Waals surface area contributed by atoms with E-state index < -0.39 is 18.8 Å². The van der Waals surface area contributed by atoms with Crippen molar-refractivity contribution >= 4 is 11.7 Å². The Bertz CT molecular complexity index is 449. The summed E-state index contributed by atoms with van der Waals surface area (Å²) in [6.07, 6.45) is 0.706. The minimum atomic E-state index is -4.43. The van der Waals surface area contributed by atoms with Crippen LogP contribution in [0.3, 0.4) is 0 Å².